The third-order valence-electron chi connectivity index (χ3n) is 2.07. The summed E-state index contributed by atoms with van der Waals surface area (Å²) in [6.45, 7) is 0. The minimum atomic E-state index is -0.0706. The lowest BCUT2D eigenvalue weighted by atomic mass is 10.1. The summed E-state index contributed by atoms with van der Waals surface area (Å²) in [5, 5.41) is 0. The molecule has 0 spiro atoms. The molecule has 3 heteroatoms. The zero-order chi connectivity index (χ0) is 7.84. The van der Waals surface area contributed by atoms with Crippen LogP contribution in [0.25, 0.3) is 0 Å². The van der Waals surface area contributed by atoms with Crippen molar-refractivity contribution in [2.45, 2.75) is 12.5 Å². The van der Waals surface area contributed by atoms with Gasteiger partial charge < -0.3 is 5.73 Å². The lowest BCUT2D eigenvalue weighted by Crippen LogP contribution is -2.05. The molecule has 0 aliphatic heterocycles. The molecule has 0 aromatic heterocycles. The average molecular weight is 184 g/mol. The Kier molecular flexibility index (Phi) is 2.50. The minimum Gasteiger partial charge on any atom is -0.324 e. The monoisotopic (exact) mass is 183 g/mol. The van der Waals surface area contributed by atoms with E-state index in [-0.39, 0.29) is 24.2 Å². The molecular weight excluding hydrogens is 174 g/mol. The van der Waals surface area contributed by atoms with Crippen molar-refractivity contribution in [1.82, 2.24) is 0 Å². The standard InChI is InChI=1S/C9H9NO.ClH/c10-8-5-9(11)7-4-2-1-3-6(7)8;/h1-4,8H,5,10H2;1H/t8-;/m0./s1. The van der Waals surface area contributed by atoms with Crippen molar-refractivity contribution in [3.8, 4) is 0 Å². The maximum Gasteiger partial charge on any atom is 0.165 e. The van der Waals surface area contributed by atoms with E-state index in [0.29, 0.717) is 6.42 Å². The third-order valence-corrected chi connectivity index (χ3v) is 2.07. The normalized spacial score (nSPS) is 20.1. The minimum absolute atomic E-state index is 0. The van der Waals surface area contributed by atoms with Gasteiger partial charge in [0.2, 0.25) is 0 Å². The van der Waals surface area contributed by atoms with Crippen LogP contribution >= 0.6 is 12.4 Å². The number of fused-ring (bicyclic) bond motifs is 1. The molecule has 0 heterocycles. The summed E-state index contributed by atoms with van der Waals surface area (Å²) in [5.74, 6) is 0.174. The molecule has 2 N–H and O–H groups in total. The average Bonchev–Trinajstić information content (AvgIpc) is 2.30. The number of hydrogen-bond donors (Lipinski definition) is 1. The molecule has 2 rings (SSSR count). The van der Waals surface area contributed by atoms with Gasteiger partial charge in [0.1, 0.15) is 0 Å². The largest absolute Gasteiger partial charge is 0.324 e. The highest BCUT2D eigenvalue weighted by molar-refractivity contribution is 6.01. The predicted octanol–water partition coefficient (Wildman–Crippen LogP) is 1.69. The molecule has 0 saturated carbocycles. The number of nitrogens with two attached hydrogens (primary N) is 1. The van der Waals surface area contributed by atoms with Gasteiger partial charge in [-0.05, 0) is 5.56 Å². The summed E-state index contributed by atoms with van der Waals surface area (Å²) < 4.78 is 0. The van der Waals surface area contributed by atoms with Gasteiger partial charge in [0.25, 0.3) is 0 Å². The maximum atomic E-state index is 11.2. The molecule has 1 atom stereocenters. The fourth-order valence-corrected chi connectivity index (χ4v) is 1.49. The molecule has 0 fully saturated rings. The van der Waals surface area contributed by atoms with E-state index >= 15 is 0 Å². The van der Waals surface area contributed by atoms with Crippen LogP contribution in [0, 0.1) is 0 Å². The lowest BCUT2D eigenvalue weighted by Gasteiger charge is -2.00. The Labute approximate surface area is 77.2 Å². The van der Waals surface area contributed by atoms with E-state index in [4.69, 9.17) is 5.73 Å². The quantitative estimate of drug-likeness (QED) is 0.665. The number of benzene rings is 1. The molecule has 0 amide bonds. The van der Waals surface area contributed by atoms with Crippen molar-refractivity contribution in [3.63, 3.8) is 0 Å². The zero-order valence-electron chi connectivity index (χ0n) is 6.49. The number of ketones is 1. The second-order valence-corrected chi connectivity index (χ2v) is 2.82. The van der Waals surface area contributed by atoms with E-state index in [2.05, 4.69) is 0 Å². The number of rotatable bonds is 0. The molecule has 0 unspecified atom stereocenters. The lowest BCUT2D eigenvalue weighted by molar-refractivity contribution is 0.0989. The fourth-order valence-electron chi connectivity index (χ4n) is 1.49. The van der Waals surface area contributed by atoms with Gasteiger partial charge in [0.05, 0.1) is 0 Å². The summed E-state index contributed by atoms with van der Waals surface area (Å²) in [6.07, 6.45) is 0.472. The molecule has 0 radical (unpaired) electrons. The van der Waals surface area contributed by atoms with Gasteiger partial charge in [-0.15, -0.1) is 12.4 Å². The summed E-state index contributed by atoms with van der Waals surface area (Å²) in [4.78, 5) is 11.2. The summed E-state index contributed by atoms with van der Waals surface area (Å²) in [5.41, 5.74) is 7.52. The Morgan fingerprint density at radius 3 is 2.67 bits per heavy atom. The first-order valence-corrected chi connectivity index (χ1v) is 3.67. The molecule has 1 aliphatic carbocycles. The van der Waals surface area contributed by atoms with Gasteiger partial charge in [0.15, 0.2) is 5.78 Å². The third kappa shape index (κ3) is 1.24. The van der Waals surface area contributed by atoms with Crippen molar-refractivity contribution in [2.24, 2.45) is 5.73 Å². The molecule has 1 aromatic rings. The SMILES string of the molecule is Cl.N[C@H]1CC(=O)c2ccccc21. The fraction of sp³-hybridized carbons (Fsp3) is 0.222. The van der Waals surface area contributed by atoms with Crippen LogP contribution in [0.2, 0.25) is 0 Å². The summed E-state index contributed by atoms with van der Waals surface area (Å²) >= 11 is 0. The molecule has 64 valence electrons. The molecule has 2 nitrogen and oxygen atoms in total. The Hall–Kier alpha value is -0.860. The second kappa shape index (κ2) is 3.25. The topological polar surface area (TPSA) is 43.1 Å². The molecule has 1 aliphatic rings. The first-order valence-electron chi connectivity index (χ1n) is 3.67. The van der Waals surface area contributed by atoms with Crippen LogP contribution in [-0.4, -0.2) is 5.78 Å². The van der Waals surface area contributed by atoms with Crippen LogP contribution in [0.1, 0.15) is 28.4 Å². The van der Waals surface area contributed by atoms with Crippen LogP contribution < -0.4 is 5.73 Å². The molecule has 0 bridgehead atoms. The van der Waals surface area contributed by atoms with Crippen molar-refractivity contribution in [2.75, 3.05) is 0 Å². The number of halogens is 1. The van der Waals surface area contributed by atoms with Crippen molar-refractivity contribution >= 4 is 18.2 Å². The van der Waals surface area contributed by atoms with Gasteiger partial charge in [0, 0.05) is 18.0 Å². The van der Waals surface area contributed by atoms with Crippen LogP contribution in [0.5, 0.6) is 0 Å². The van der Waals surface area contributed by atoms with Crippen LogP contribution in [0.15, 0.2) is 24.3 Å². The number of carbonyl (C=O) groups excluding carboxylic acids is 1. The molecule has 12 heavy (non-hydrogen) atoms. The highest BCUT2D eigenvalue weighted by Gasteiger charge is 2.25. The summed E-state index contributed by atoms with van der Waals surface area (Å²) in [6, 6.07) is 7.47. The van der Waals surface area contributed by atoms with Crippen molar-refractivity contribution in [3.05, 3.63) is 35.4 Å². The van der Waals surface area contributed by atoms with Crippen LogP contribution in [0.3, 0.4) is 0 Å². The Balaban J connectivity index is 0.000000720. The van der Waals surface area contributed by atoms with Gasteiger partial charge in [-0.2, -0.15) is 0 Å². The maximum absolute atomic E-state index is 11.2. The van der Waals surface area contributed by atoms with Gasteiger partial charge in [-0.3, -0.25) is 4.79 Å². The van der Waals surface area contributed by atoms with Gasteiger partial charge in [-0.25, -0.2) is 0 Å². The van der Waals surface area contributed by atoms with Crippen LogP contribution in [0.4, 0.5) is 0 Å². The van der Waals surface area contributed by atoms with E-state index in [0.717, 1.165) is 11.1 Å². The highest BCUT2D eigenvalue weighted by Crippen LogP contribution is 2.28. The molecule has 1 aromatic carbocycles. The van der Waals surface area contributed by atoms with Gasteiger partial charge >= 0.3 is 0 Å². The van der Waals surface area contributed by atoms with E-state index in [1.54, 1.807) is 0 Å². The van der Waals surface area contributed by atoms with Crippen molar-refractivity contribution in [1.29, 1.82) is 0 Å². The van der Waals surface area contributed by atoms with E-state index in [1.165, 1.54) is 0 Å². The zero-order valence-corrected chi connectivity index (χ0v) is 7.30. The number of carbonyl (C=O) groups is 1. The number of Topliss-reactive ketones (excluding diaryl/α,β-unsaturated/α-hetero) is 1. The van der Waals surface area contributed by atoms with E-state index in [9.17, 15) is 4.79 Å². The second-order valence-electron chi connectivity index (χ2n) is 2.82. The molecular formula is C9H10ClNO. The van der Waals surface area contributed by atoms with E-state index < -0.39 is 0 Å². The van der Waals surface area contributed by atoms with E-state index in [1.807, 2.05) is 24.3 Å². The van der Waals surface area contributed by atoms with Crippen LogP contribution in [-0.2, 0) is 0 Å². The van der Waals surface area contributed by atoms with Crippen molar-refractivity contribution < 1.29 is 4.79 Å². The Morgan fingerprint density at radius 2 is 2.00 bits per heavy atom. The Bertz CT molecular complexity index is 311. The Morgan fingerprint density at radius 1 is 1.33 bits per heavy atom. The summed E-state index contributed by atoms with van der Waals surface area (Å²) in [7, 11) is 0. The highest BCUT2D eigenvalue weighted by atomic mass is 35.5. The predicted molar refractivity (Wildman–Crippen MR) is 49.6 cm³/mol. The first kappa shape index (κ1) is 9.23. The van der Waals surface area contributed by atoms with Gasteiger partial charge in [-0.1, -0.05) is 24.3 Å². The first-order chi connectivity index (χ1) is 5.29. The molecule has 0 saturated heterocycles. The smallest absolute Gasteiger partial charge is 0.165 e. The number of hydrogen-bond acceptors (Lipinski definition) is 2.